The van der Waals surface area contributed by atoms with Gasteiger partial charge in [0.05, 0.1) is 13.2 Å². The summed E-state index contributed by atoms with van der Waals surface area (Å²) in [6.07, 6.45) is 2.99. The van der Waals surface area contributed by atoms with Crippen molar-refractivity contribution in [2.24, 2.45) is 0 Å². The second-order valence-electron chi connectivity index (χ2n) is 3.58. The van der Waals surface area contributed by atoms with E-state index in [1.807, 2.05) is 6.92 Å². The van der Waals surface area contributed by atoms with Crippen LogP contribution in [0.1, 0.15) is 12.5 Å². The minimum Gasteiger partial charge on any atom is -0.465 e. The number of carbonyl (C=O) groups excluding carboxylic acids is 1. The molecule has 0 aliphatic heterocycles. The van der Waals surface area contributed by atoms with Crippen LogP contribution < -0.4 is 5.32 Å². The second kappa shape index (κ2) is 8.14. The van der Waals surface area contributed by atoms with E-state index in [1.54, 1.807) is 11.8 Å². The molecule has 0 amide bonds. The molecule has 1 aromatic carbocycles. The fourth-order valence-electron chi connectivity index (χ4n) is 1.43. The van der Waals surface area contributed by atoms with E-state index in [4.69, 9.17) is 4.74 Å². The number of nitrogens with one attached hydrogen (secondary N) is 1. The van der Waals surface area contributed by atoms with Gasteiger partial charge in [0.2, 0.25) is 0 Å². The first-order chi connectivity index (χ1) is 8.26. The van der Waals surface area contributed by atoms with Gasteiger partial charge in [0, 0.05) is 4.90 Å². The lowest BCUT2D eigenvalue weighted by Crippen LogP contribution is -2.26. The van der Waals surface area contributed by atoms with Crippen LogP contribution in [0.3, 0.4) is 0 Å². The van der Waals surface area contributed by atoms with E-state index in [-0.39, 0.29) is 12.5 Å². The zero-order chi connectivity index (χ0) is 12.5. The summed E-state index contributed by atoms with van der Waals surface area (Å²) in [7, 11) is 0. The Hall–Kier alpha value is -1.00. The van der Waals surface area contributed by atoms with Crippen molar-refractivity contribution in [1.29, 1.82) is 0 Å². The van der Waals surface area contributed by atoms with Gasteiger partial charge in [0.25, 0.3) is 0 Å². The molecular formula is C13H19NO2S. The molecule has 0 bridgehead atoms. The molecule has 0 aromatic heterocycles. The first-order valence-corrected chi connectivity index (χ1v) is 6.98. The van der Waals surface area contributed by atoms with E-state index < -0.39 is 0 Å². The molecule has 1 rings (SSSR count). The van der Waals surface area contributed by atoms with Crippen molar-refractivity contribution in [3.05, 3.63) is 29.8 Å². The van der Waals surface area contributed by atoms with Crippen molar-refractivity contribution in [2.45, 2.75) is 18.2 Å². The number of hydrogen-bond acceptors (Lipinski definition) is 4. The monoisotopic (exact) mass is 253 g/mol. The predicted molar refractivity (Wildman–Crippen MR) is 71.4 cm³/mol. The smallest absolute Gasteiger partial charge is 0.319 e. The number of esters is 1. The summed E-state index contributed by atoms with van der Waals surface area (Å²) in [5.74, 6) is -0.190. The SMILES string of the molecule is CCOC(=O)CNCCc1ccc(SC)cc1. The van der Waals surface area contributed by atoms with Crippen LogP contribution in [0.15, 0.2) is 29.2 Å². The van der Waals surface area contributed by atoms with E-state index in [9.17, 15) is 4.79 Å². The van der Waals surface area contributed by atoms with Gasteiger partial charge in [-0.15, -0.1) is 11.8 Å². The van der Waals surface area contributed by atoms with E-state index in [2.05, 4.69) is 35.8 Å². The molecule has 4 heteroatoms. The Bertz CT molecular complexity index is 338. The molecular weight excluding hydrogens is 234 g/mol. The molecule has 3 nitrogen and oxygen atoms in total. The summed E-state index contributed by atoms with van der Waals surface area (Å²) in [5, 5.41) is 3.07. The summed E-state index contributed by atoms with van der Waals surface area (Å²) in [5.41, 5.74) is 1.28. The lowest BCUT2D eigenvalue weighted by atomic mass is 10.1. The summed E-state index contributed by atoms with van der Waals surface area (Å²) in [4.78, 5) is 12.3. The molecule has 0 saturated carbocycles. The zero-order valence-corrected chi connectivity index (χ0v) is 11.2. The van der Waals surface area contributed by atoms with Gasteiger partial charge in [-0.3, -0.25) is 4.79 Å². The number of rotatable bonds is 7. The molecule has 0 heterocycles. The average Bonchev–Trinajstić information content (AvgIpc) is 2.36. The largest absolute Gasteiger partial charge is 0.465 e. The van der Waals surface area contributed by atoms with Gasteiger partial charge in [-0.1, -0.05) is 12.1 Å². The Labute approximate surface area is 107 Å². The lowest BCUT2D eigenvalue weighted by molar-refractivity contribution is -0.141. The van der Waals surface area contributed by atoms with Crippen LogP contribution >= 0.6 is 11.8 Å². The fourth-order valence-corrected chi connectivity index (χ4v) is 1.84. The Morgan fingerprint density at radius 1 is 1.35 bits per heavy atom. The molecule has 0 fully saturated rings. The Kier molecular flexibility index (Phi) is 6.74. The third kappa shape index (κ3) is 5.75. The normalized spacial score (nSPS) is 10.2. The lowest BCUT2D eigenvalue weighted by Gasteiger charge is -2.05. The highest BCUT2D eigenvalue weighted by atomic mass is 32.2. The average molecular weight is 253 g/mol. The molecule has 0 unspecified atom stereocenters. The van der Waals surface area contributed by atoms with E-state index in [0.717, 1.165) is 13.0 Å². The Morgan fingerprint density at radius 3 is 2.65 bits per heavy atom. The molecule has 0 radical (unpaired) electrons. The quantitative estimate of drug-likeness (QED) is 0.459. The van der Waals surface area contributed by atoms with Crippen LogP contribution in [0.4, 0.5) is 0 Å². The third-order valence-corrected chi connectivity index (χ3v) is 3.07. The van der Waals surface area contributed by atoms with Crippen molar-refractivity contribution in [3.8, 4) is 0 Å². The van der Waals surface area contributed by atoms with Crippen LogP contribution in [-0.2, 0) is 16.0 Å². The predicted octanol–water partition coefficient (Wildman–Crippen LogP) is 2.10. The summed E-state index contributed by atoms with van der Waals surface area (Å²) in [6, 6.07) is 8.48. The van der Waals surface area contributed by atoms with Gasteiger partial charge in [-0.05, 0) is 43.8 Å². The zero-order valence-electron chi connectivity index (χ0n) is 10.4. The van der Waals surface area contributed by atoms with Gasteiger partial charge >= 0.3 is 5.97 Å². The van der Waals surface area contributed by atoms with Crippen molar-refractivity contribution in [3.63, 3.8) is 0 Å². The summed E-state index contributed by atoms with van der Waals surface area (Å²) < 4.78 is 4.82. The highest BCUT2D eigenvalue weighted by Crippen LogP contribution is 2.14. The van der Waals surface area contributed by atoms with Crippen LogP contribution in [0.2, 0.25) is 0 Å². The number of hydrogen-bond donors (Lipinski definition) is 1. The minimum absolute atomic E-state index is 0.190. The second-order valence-corrected chi connectivity index (χ2v) is 4.46. The Balaban J connectivity index is 2.19. The molecule has 0 aliphatic rings. The highest BCUT2D eigenvalue weighted by Gasteiger charge is 2.00. The van der Waals surface area contributed by atoms with Gasteiger partial charge in [-0.25, -0.2) is 0 Å². The molecule has 0 aliphatic carbocycles. The van der Waals surface area contributed by atoms with E-state index in [1.165, 1.54) is 10.5 Å². The molecule has 0 spiro atoms. The third-order valence-electron chi connectivity index (χ3n) is 2.32. The van der Waals surface area contributed by atoms with Crippen molar-refractivity contribution < 1.29 is 9.53 Å². The standard InChI is InChI=1S/C13H19NO2S/c1-3-16-13(15)10-14-9-8-11-4-6-12(17-2)7-5-11/h4-7,14H,3,8-10H2,1-2H3. The van der Waals surface area contributed by atoms with Crippen LogP contribution in [0.25, 0.3) is 0 Å². The molecule has 1 aromatic rings. The maximum atomic E-state index is 11.1. The number of carbonyl (C=O) groups is 1. The molecule has 1 N–H and O–H groups in total. The van der Waals surface area contributed by atoms with E-state index in [0.29, 0.717) is 6.61 Å². The number of thioether (sulfide) groups is 1. The van der Waals surface area contributed by atoms with Gasteiger partial charge in [0.15, 0.2) is 0 Å². The van der Waals surface area contributed by atoms with Crippen molar-refractivity contribution >= 4 is 17.7 Å². The minimum atomic E-state index is -0.190. The van der Waals surface area contributed by atoms with Gasteiger partial charge < -0.3 is 10.1 Å². The summed E-state index contributed by atoms with van der Waals surface area (Å²) >= 11 is 1.74. The maximum absolute atomic E-state index is 11.1. The molecule has 94 valence electrons. The van der Waals surface area contributed by atoms with Crippen molar-refractivity contribution in [1.82, 2.24) is 5.32 Å². The molecule has 0 atom stereocenters. The van der Waals surface area contributed by atoms with Gasteiger partial charge in [0.1, 0.15) is 0 Å². The van der Waals surface area contributed by atoms with Crippen LogP contribution in [-0.4, -0.2) is 31.9 Å². The van der Waals surface area contributed by atoms with Crippen LogP contribution in [0, 0.1) is 0 Å². The first kappa shape index (κ1) is 14.1. The fraction of sp³-hybridized carbons (Fsp3) is 0.462. The van der Waals surface area contributed by atoms with Gasteiger partial charge in [-0.2, -0.15) is 0 Å². The molecule has 0 saturated heterocycles. The topological polar surface area (TPSA) is 38.3 Å². The number of ether oxygens (including phenoxy) is 1. The van der Waals surface area contributed by atoms with Crippen molar-refractivity contribution in [2.75, 3.05) is 26.0 Å². The number of benzene rings is 1. The van der Waals surface area contributed by atoms with Crippen LogP contribution in [0.5, 0.6) is 0 Å². The maximum Gasteiger partial charge on any atom is 0.319 e. The van der Waals surface area contributed by atoms with E-state index >= 15 is 0 Å². The first-order valence-electron chi connectivity index (χ1n) is 5.75. The highest BCUT2D eigenvalue weighted by molar-refractivity contribution is 7.98. The molecule has 17 heavy (non-hydrogen) atoms. The Morgan fingerprint density at radius 2 is 2.06 bits per heavy atom. The summed E-state index contributed by atoms with van der Waals surface area (Å²) in [6.45, 7) is 3.33.